The number of benzene rings is 1. The Kier molecular flexibility index (Phi) is 4.68. The van der Waals surface area contributed by atoms with Crippen LogP contribution in [0.25, 0.3) is 0 Å². The van der Waals surface area contributed by atoms with Crippen LogP contribution in [0.4, 0.5) is 5.69 Å². The van der Waals surface area contributed by atoms with Gasteiger partial charge in [0.25, 0.3) is 0 Å². The van der Waals surface area contributed by atoms with E-state index in [4.69, 9.17) is 23.2 Å². The molecule has 0 saturated heterocycles. The fourth-order valence-corrected chi connectivity index (χ4v) is 6.25. The fourth-order valence-electron chi connectivity index (χ4n) is 5.90. The maximum Gasteiger partial charge on any atom is 0.313 e. The van der Waals surface area contributed by atoms with Gasteiger partial charge in [0.1, 0.15) is 0 Å². The lowest BCUT2D eigenvalue weighted by atomic mass is 9.48. The molecule has 6 heteroatoms. The molecule has 2 N–H and O–H groups in total. The highest BCUT2D eigenvalue weighted by molar-refractivity contribution is 6.45. The topological polar surface area (TPSA) is 58.2 Å². The molecule has 0 aliphatic heterocycles. The maximum absolute atomic E-state index is 12.4. The van der Waals surface area contributed by atoms with Crippen molar-refractivity contribution in [3.05, 3.63) is 28.2 Å². The Morgan fingerprint density at radius 3 is 2.19 bits per heavy atom. The lowest BCUT2D eigenvalue weighted by molar-refractivity contribution is -0.138. The van der Waals surface area contributed by atoms with E-state index in [0.717, 1.165) is 17.8 Å². The van der Waals surface area contributed by atoms with E-state index in [0.29, 0.717) is 10.7 Å². The van der Waals surface area contributed by atoms with E-state index < -0.39 is 11.8 Å². The molecule has 140 valence electrons. The van der Waals surface area contributed by atoms with Crippen molar-refractivity contribution < 1.29 is 9.59 Å². The van der Waals surface area contributed by atoms with Gasteiger partial charge in [-0.1, -0.05) is 29.3 Å². The van der Waals surface area contributed by atoms with Crippen LogP contribution in [0.5, 0.6) is 0 Å². The number of hydrogen-bond acceptors (Lipinski definition) is 2. The Labute approximate surface area is 164 Å². The first-order valence-electron chi connectivity index (χ1n) is 9.42. The van der Waals surface area contributed by atoms with Gasteiger partial charge in [-0.3, -0.25) is 9.59 Å². The predicted octanol–water partition coefficient (Wildman–Crippen LogP) is 4.65. The standard InChI is InChI=1S/C20H24Cl2N2O2/c1-11(20-8-12-5-13(9-20)7-14(6-12)10-20)23-18(25)19(26)24-16-4-2-3-15(21)17(16)22/h2-4,11-14H,5-10H2,1H3,(H,23,25)(H,24,26). The molecule has 0 spiro atoms. The van der Waals surface area contributed by atoms with Crippen LogP contribution in [0.3, 0.4) is 0 Å². The molecule has 1 aromatic rings. The smallest absolute Gasteiger partial charge is 0.313 e. The Balaban J connectivity index is 1.41. The minimum Gasteiger partial charge on any atom is -0.345 e. The molecule has 1 unspecified atom stereocenters. The average molecular weight is 395 g/mol. The van der Waals surface area contributed by atoms with Crippen molar-refractivity contribution in [2.45, 2.75) is 51.5 Å². The van der Waals surface area contributed by atoms with Crippen molar-refractivity contribution in [3.63, 3.8) is 0 Å². The molecule has 1 aromatic carbocycles. The van der Waals surface area contributed by atoms with Crippen LogP contribution < -0.4 is 10.6 Å². The molecule has 4 bridgehead atoms. The number of rotatable bonds is 3. The van der Waals surface area contributed by atoms with E-state index >= 15 is 0 Å². The minimum atomic E-state index is -0.703. The van der Waals surface area contributed by atoms with Gasteiger partial charge in [-0.05, 0) is 80.8 Å². The first kappa shape index (κ1) is 18.1. The van der Waals surface area contributed by atoms with Gasteiger partial charge in [-0.25, -0.2) is 0 Å². The summed E-state index contributed by atoms with van der Waals surface area (Å²) in [6.45, 7) is 2.06. The van der Waals surface area contributed by atoms with Gasteiger partial charge in [0, 0.05) is 6.04 Å². The second-order valence-corrected chi connectivity index (χ2v) is 9.32. The largest absolute Gasteiger partial charge is 0.345 e. The summed E-state index contributed by atoms with van der Waals surface area (Å²) < 4.78 is 0. The van der Waals surface area contributed by atoms with E-state index in [2.05, 4.69) is 17.6 Å². The fraction of sp³-hybridized carbons (Fsp3) is 0.600. The molecular formula is C20H24Cl2N2O2. The molecule has 0 aromatic heterocycles. The van der Waals surface area contributed by atoms with Gasteiger partial charge in [-0.15, -0.1) is 0 Å². The number of halogens is 2. The number of anilines is 1. The molecule has 0 heterocycles. The number of carbonyl (C=O) groups excluding carboxylic acids is 2. The van der Waals surface area contributed by atoms with Gasteiger partial charge >= 0.3 is 11.8 Å². The SMILES string of the molecule is CC(NC(=O)C(=O)Nc1cccc(Cl)c1Cl)C12CC3CC(CC(C3)C1)C2. The summed E-state index contributed by atoms with van der Waals surface area (Å²) in [5.41, 5.74) is 0.514. The highest BCUT2D eigenvalue weighted by Gasteiger charge is 2.53. The van der Waals surface area contributed by atoms with Crippen molar-refractivity contribution in [1.82, 2.24) is 5.32 Å². The molecule has 2 amide bonds. The quantitative estimate of drug-likeness (QED) is 0.732. The van der Waals surface area contributed by atoms with Crippen LogP contribution in [0.1, 0.15) is 45.4 Å². The summed E-state index contributed by atoms with van der Waals surface area (Å²) in [7, 11) is 0. The second kappa shape index (κ2) is 6.72. The predicted molar refractivity (Wildman–Crippen MR) is 103 cm³/mol. The molecule has 4 aliphatic rings. The van der Waals surface area contributed by atoms with Gasteiger partial charge in [-0.2, -0.15) is 0 Å². The summed E-state index contributed by atoms with van der Waals surface area (Å²) in [6.07, 6.45) is 7.61. The third-order valence-corrected chi connectivity index (χ3v) is 7.58. The summed E-state index contributed by atoms with van der Waals surface area (Å²) in [4.78, 5) is 24.8. The van der Waals surface area contributed by atoms with Gasteiger partial charge in [0.15, 0.2) is 0 Å². The van der Waals surface area contributed by atoms with Crippen molar-refractivity contribution >= 4 is 40.7 Å². The number of hydrogen-bond donors (Lipinski definition) is 2. The van der Waals surface area contributed by atoms with Crippen LogP contribution in [0.15, 0.2) is 18.2 Å². The molecule has 1 atom stereocenters. The molecule has 5 rings (SSSR count). The number of amides is 2. The molecule has 4 nitrogen and oxygen atoms in total. The molecule has 26 heavy (non-hydrogen) atoms. The van der Waals surface area contributed by atoms with Crippen LogP contribution in [-0.2, 0) is 9.59 Å². The molecule has 4 fully saturated rings. The Morgan fingerprint density at radius 1 is 1.04 bits per heavy atom. The van der Waals surface area contributed by atoms with Crippen molar-refractivity contribution in [3.8, 4) is 0 Å². The van der Waals surface area contributed by atoms with Crippen LogP contribution in [0, 0.1) is 23.2 Å². The second-order valence-electron chi connectivity index (χ2n) is 8.53. The summed E-state index contributed by atoms with van der Waals surface area (Å²) in [5, 5.41) is 6.11. The van der Waals surface area contributed by atoms with Crippen molar-refractivity contribution in [1.29, 1.82) is 0 Å². The Bertz CT molecular complexity index is 714. The third kappa shape index (κ3) is 3.22. The van der Waals surface area contributed by atoms with Crippen molar-refractivity contribution in [2.24, 2.45) is 23.2 Å². The van der Waals surface area contributed by atoms with Gasteiger partial charge in [0.2, 0.25) is 0 Å². The first-order chi connectivity index (χ1) is 12.4. The number of carbonyl (C=O) groups is 2. The van der Waals surface area contributed by atoms with E-state index in [1.807, 2.05) is 0 Å². The van der Waals surface area contributed by atoms with E-state index in [1.165, 1.54) is 38.5 Å². The first-order valence-corrected chi connectivity index (χ1v) is 10.2. The number of nitrogens with one attached hydrogen (secondary N) is 2. The normalized spacial score (nSPS) is 33.0. The highest BCUT2D eigenvalue weighted by atomic mass is 35.5. The average Bonchev–Trinajstić information content (AvgIpc) is 2.57. The van der Waals surface area contributed by atoms with E-state index in [9.17, 15) is 9.59 Å². The van der Waals surface area contributed by atoms with Gasteiger partial charge in [0.05, 0.1) is 15.7 Å². The van der Waals surface area contributed by atoms with E-state index in [1.54, 1.807) is 18.2 Å². The summed E-state index contributed by atoms with van der Waals surface area (Å²) >= 11 is 12.0. The summed E-state index contributed by atoms with van der Waals surface area (Å²) in [5.74, 6) is 1.11. The minimum absolute atomic E-state index is 0.00369. The molecule has 0 radical (unpaired) electrons. The highest BCUT2D eigenvalue weighted by Crippen LogP contribution is 2.61. The van der Waals surface area contributed by atoms with Crippen LogP contribution >= 0.6 is 23.2 Å². The lowest BCUT2D eigenvalue weighted by Crippen LogP contribution is -2.57. The molecule has 4 aliphatic carbocycles. The zero-order valence-electron chi connectivity index (χ0n) is 14.9. The molecular weight excluding hydrogens is 371 g/mol. The third-order valence-electron chi connectivity index (χ3n) is 6.76. The zero-order valence-corrected chi connectivity index (χ0v) is 16.4. The maximum atomic E-state index is 12.4. The Morgan fingerprint density at radius 2 is 1.62 bits per heavy atom. The van der Waals surface area contributed by atoms with Gasteiger partial charge < -0.3 is 10.6 Å². The van der Waals surface area contributed by atoms with Crippen LogP contribution in [-0.4, -0.2) is 17.9 Å². The zero-order chi connectivity index (χ0) is 18.5. The molecule has 4 saturated carbocycles. The Hall–Kier alpha value is -1.26. The lowest BCUT2D eigenvalue weighted by Gasteiger charge is -2.59. The van der Waals surface area contributed by atoms with Crippen molar-refractivity contribution in [2.75, 3.05) is 5.32 Å². The van der Waals surface area contributed by atoms with E-state index in [-0.39, 0.29) is 16.5 Å². The monoisotopic (exact) mass is 394 g/mol. The summed E-state index contributed by atoms with van der Waals surface area (Å²) in [6, 6.07) is 4.94. The van der Waals surface area contributed by atoms with Crippen LogP contribution in [0.2, 0.25) is 10.0 Å².